The highest BCUT2D eigenvalue weighted by Gasteiger charge is 2.09. The van der Waals surface area contributed by atoms with Crippen LogP contribution in [0.1, 0.15) is 5.56 Å². The van der Waals surface area contributed by atoms with E-state index in [1.165, 1.54) is 10.4 Å². The number of nitrogens with two attached hydrogens (primary N) is 1. The van der Waals surface area contributed by atoms with Gasteiger partial charge in [0.05, 0.1) is 10.6 Å². The zero-order valence-electron chi connectivity index (χ0n) is 9.88. The van der Waals surface area contributed by atoms with Crippen LogP contribution in [0.2, 0.25) is 0 Å². The van der Waals surface area contributed by atoms with Gasteiger partial charge in [-0.15, -0.1) is 22.7 Å². The van der Waals surface area contributed by atoms with Gasteiger partial charge >= 0.3 is 0 Å². The van der Waals surface area contributed by atoms with Crippen molar-refractivity contribution >= 4 is 28.4 Å². The minimum Gasteiger partial charge on any atom is -0.399 e. The number of aryl methyl sites for hydroxylation is 1. The lowest BCUT2D eigenvalue weighted by atomic mass is 10.2. The molecular formula is C14H12N2S2. The number of rotatable bonds is 2. The molecule has 0 saturated heterocycles. The van der Waals surface area contributed by atoms with Crippen molar-refractivity contribution in [2.45, 2.75) is 6.92 Å². The van der Waals surface area contributed by atoms with Crippen molar-refractivity contribution in [2.24, 2.45) is 0 Å². The Morgan fingerprint density at radius 1 is 1.17 bits per heavy atom. The van der Waals surface area contributed by atoms with E-state index in [1.54, 1.807) is 22.7 Å². The maximum atomic E-state index is 5.80. The fourth-order valence-electron chi connectivity index (χ4n) is 1.82. The molecule has 1 aromatic carbocycles. The van der Waals surface area contributed by atoms with Crippen LogP contribution in [0.25, 0.3) is 21.1 Å². The topological polar surface area (TPSA) is 38.9 Å². The Balaban J connectivity index is 2.02. The van der Waals surface area contributed by atoms with E-state index in [-0.39, 0.29) is 0 Å². The molecule has 0 aliphatic heterocycles. The highest BCUT2D eigenvalue weighted by Crippen LogP contribution is 2.33. The third kappa shape index (κ3) is 2.05. The van der Waals surface area contributed by atoms with Gasteiger partial charge in [-0.25, -0.2) is 4.98 Å². The second-order valence-electron chi connectivity index (χ2n) is 4.10. The van der Waals surface area contributed by atoms with Crippen molar-refractivity contribution in [3.63, 3.8) is 0 Å². The molecule has 4 heteroatoms. The van der Waals surface area contributed by atoms with Crippen LogP contribution in [-0.4, -0.2) is 4.98 Å². The number of nitrogens with zero attached hydrogens (tertiary/aromatic N) is 1. The van der Waals surface area contributed by atoms with Crippen LogP contribution in [0.5, 0.6) is 0 Å². The summed E-state index contributed by atoms with van der Waals surface area (Å²) in [4.78, 5) is 5.95. The second-order valence-corrected chi connectivity index (χ2v) is 5.87. The summed E-state index contributed by atoms with van der Waals surface area (Å²) < 4.78 is 0. The molecule has 0 unspecified atom stereocenters. The van der Waals surface area contributed by atoms with Crippen LogP contribution < -0.4 is 5.73 Å². The molecule has 2 aromatic heterocycles. The van der Waals surface area contributed by atoms with Gasteiger partial charge in [-0.05, 0) is 36.1 Å². The highest BCUT2D eigenvalue weighted by atomic mass is 32.1. The largest absolute Gasteiger partial charge is 0.399 e. The molecule has 90 valence electrons. The average molecular weight is 272 g/mol. The number of thiophene rings is 1. The molecule has 2 heterocycles. The van der Waals surface area contributed by atoms with Crippen molar-refractivity contribution < 1.29 is 0 Å². The first-order valence-corrected chi connectivity index (χ1v) is 7.36. The molecule has 3 aromatic rings. The number of nitrogen functional groups attached to an aromatic ring is 1. The van der Waals surface area contributed by atoms with Gasteiger partial charge in [-0.1, -0.05) is 12.1 Å². The Labute approximate surface area is 114 Å². The Morgan fingerprint density at radius 2 is 2.06 bits per heavy atom. The summed E-state index contributed by atoms with van der Waals surface area (Å²) in [7, 11) is 0. The van der Waals surface area contributed by atoms with E-state index in [4.69, 9.17) is 10.7 Å². The van der Waals surface area contributed by atoms with E-state index in [2.05, 4.69) is 23.8 Å². The first kappa shape index (κ1) is 11.4. The molecule has 18 heavy (non-hydrogen) atoms. The Morgan fingerprint density at radius 3 is 2.78 bits per heavy atom. The smallest absolute Gasteiger partial charge is 0.124 e. The Kier molecular flexibility index (Phi) is 2.89. The lowest BCUT2D eigenvalue weighted by Gasteiger charge is -1.97. The normalized spacial score (nSPS) is 10.7. The van der Waals surface area contributed by atoms with Crippen LogP contribution in [0, 0.1) is 6.92 Å². The Bertz CT molecular complexity index is 682. The molecule has 3 rings (SSSR count). The minimum absolute atomic E-state index is 0.775. The van der Waals surface area contributed by atoms with E-state index < -0.39 is 0 Å². The molecular weight excluding hydrogens is 260 g/mol. The van der Waals surface area contributed by atoms with Crippen molar-refractivity contribution in [3.8, 4) is 21.1 Å². The fourth-order valence-corrected chi connectivity index (χ4v) is 3.59. The molecule has 0 fully saturated rings. The standard InChI is InChI=1S/C14H12N2S2/c1-9-5-6-17-13(9)12-8-18-14(16-12)10-3-2-4-11(15)7-10/h2-8H,15H2,1H3. The third-order valence-electron chi connectivity index (χ3n) is 2.73. The van der Waals surface area contributed by atoms with E-state index in [9.17, 15) is 0 Å². The predicted molar refractivity (Wildman–Crippen MR) is 80.0 cm³/mol. The molecule has 0 bridgehead atoms. The average Bonchev–Trinajstić information content (AvgIpc) is 2.97. The fraction of sp³-hybridized carbons (Fsp3) is 0.0714. The monoisotopic (exact) mass is 272 g/mol. The lowest BCUT2D eigenvalue weighted by molar-refractivity contribution is 1.40. The van der Waals surface area contributed by atoms with Gasteiger partial charge in [0.25, 0.3) is 0 Å². The molecule has 0 aliphatic carbocycles. The molecule has 0 radical (unpaired) electrons. The SMILES string of the molecule is Cc1ccsc1-c1csc(-c2cccc(N)c2)n1. The summed E-state index contributed by atoms with van der Waals surface area (Å²) >= 11 is 3.39. The van der Waals surface area contributed by atoms with Crippen LogP contribution >= 0.6 is 22.7 Å². The molecule has 0 atom stereocenters. The summed E-state index contributed by atoms with van der Waals surface area (Å²) in [6, 6.07) is 9.98. The van der Waals surface area contributed by atoms with Gasteiger partial charge in [0.1, 0.15) is 5.01 Å². The van der Waals surface area contributed by atoms with E-state index in [0.717, 1.165) is 22.0 Å². The number of benzene rings is 1. The molecule has 0 amide bonds. The number of hydrogen-bond acceptors (Lipinski definition) is 4. The summed E-state index contributed by atoms with van der Waals surface area (Å²) in [6.45, 7) is 2.12. The first-order valence-electron chi connectivity index (χ1n) is 5.60. The van der Waals surface area contributed by atoms with Crippen molar-refractivity contribution in [2.75, 3.05) is 5.73 Å². The Hall–Kier alpha value is -1.65. The zero-order chi connectivity index (χ0) is 12.5. The van der Waals surface area contributed by atoms with Gasteiger partial charge in [-0.3, -0.25) is 0 Å². The van der Waals surface area contributed by atoms with Crippen molar-refractivity contribution in [1.82, 2.24) is 4.98 Å². The highest BCUT2D eigenvalue weighted by molar-refractivity contribution is 7.15. The molecule has 2 nitrogen and oxygen atoms in total. The maximum absolute atomic E-state index is 5.80. The molecule has 2 N–H and O–H groups in total. The van der Waals surface area contributed by atoms with E-state index in [0.29, 0.717) is 0 Å². The summed E-state index contributed by atoms with van der Waals surface area (Å²) in [5.41, 5.74) is 10.0. The molecule has 0 saturated carbocycles. The minimum atomic E-state index is 0.775. The summed E-state index contributed by atoms with van der Waals surface area (Å²) in [6.07, 6.45) is 0. The third-order valence-corrected chi connectivity index (χ3v) is 4.66. The number of anilines is 1. The van der Waals surface area contributed by atoms with Crippen LogP contribution in [0.15, 0.2) is 41.1 Å². The van der Waals surface area contributed by atoms with Gasteiger partial charge in [0.2, 0.25) is 0 Å². The number of thiazole rings is 1. The van der Waals surface area contributed by atoms with Crippen LogP contribution in [0.4, 0.5) is 5.69 Å². The summed E-state index contributed by atoms with van der Waals surface area (Å²) in [5.74, 6) is 0. The van der Waals surface area contributed by atoms with Crippen LogP contribution in [0.3, 0.4) is 0 Å². The molecule has 0 spiro atoms. The van der Waals surface area contributed by atoms with E-state index >= 15 is 0 Å². The van der Waals surface area contributed by atoms with Crippen molar-refractivity contribution in [1.29, 1.82) is 0 Å². The predicted octanol–water partition coefficient (Wildman–Crippen LogP) is 4.43. The van der Waals surface area contributed by atoms with E-state index in [1.807, 2.05) is 24.3 Å². The lowest BCUT2D eigenvalue weighted by Crippen LogP contribution is -1.84. The van der Waals surface area contributed by atoms with Crippen molar-refractivity contribution in [3.05, 3.63) is 46.7 Å². The van der Waals surface area contributed by atoms with Crippen LogP contribution in [-0.2, 0) is 0 Å². The quantitative estimate of drug-likeness (QED) is 0.701. The zero-order valence-corrected chi connectivity index (χ0v) is 11.5. The molecule has 0 aliphatic rings. The maximum Gasteiger partial charge on any atom is 0.124 e. The van der Waals surface area contributed by atoms with Gasteiger partial charge < -0.3 is 5.73 Å². The second kappa shape index (κ2) is 4.55. The van der Waals surface area contributed by atoms with Gasteiger partial charge in [0, 0.05) is 16.6 Å². The number of aromatic nitrogens is 1. The van der Waals surface area contributed by atoms with Gasteiger partial charge in [-0.2, -0.15) is 0 Å². The van der Waals surface area contributed by atoms with Gasteiger partial charge in [0.15, 0.2) is 0 Å². The number of hydrogen-bond donors (Lipinski definition) is 1. The first-order chi connectivity index (χ1) is 8.74. The summed E-state index contributed by atoms with van der Waals surface area (Å²) in [5, 5.41) is 5.23.